The normalized spacial score (nSPS) is 12.8. The van der Waals surface area contributed by atoms with Crippen molar-refractivity contribution < 1.29 is 32.1 Å². The molecule has 0 aliphatic rings. The molecule has 148 valence electrons. The summed E-state index contributed by atoms with van der Waals surface area (Å²) < 4.78 is 54.6. The predicted molar refractivity (Wildman–Crippen MR) is 97.9 cm³/mol. The number of hydrogen-bond acceptors (Lipinski definition) is 3. The van der Waals surface area contributed by atoms with E-state index in [9.17, 15) is 22.4 Å². The monoisotopic (exact) mass is 535 g/mol. The molecule has 27 heavy (non-hydrogen) atoms. The number of nitrogens with zero attached hydrogens (tertiary/aromatic N) is 1. The molecule has 0 aliphatic carbocycles. The zero-order chi connectivity index (χ0) is 20.5. The van der Waals surface area contributed by atoms with Crippen molar-refractivity contribution in [3.8, 4) is 16.9 Å². The molecule has 1 heterocycles. The molecule has 1 unspecified atom stereocenters. The van der Waals surface area contributed by atoms with Crippen LogP contribution in [0.1, 0.15) is 19.0 Å². The van der Waals surface area contributed by atoms with Crippen LogP contribution in [0.25, 0.3) is 11.1 Å². The first-order valence-corrected chi connectivity index (χ1v) is 9.44. The smallest absolute Gasteiger partial charge is 0.333 e. The van der Waals surface area contributed by atoms with Crippen molar-refractivity contribution in [3.63, 3.8) is 0 Å². The van der Waals surface area contributed by atoms with Gasteiger partial charge in [-0.2, -0.15) is 13.2 Å². The molecule has 0 fully saturated rings. The predicted octanol–water partition coefficient (Wildman–Crippen LogP) is 6.23. The topological polar surface area (TPSA) is 40.5 Å². The molecule has 1 aromatic carbocycles. The quantitative estimate of drug-likeness (QED) is 0.197. The van der Waals surface area contributed by atoms with Gasteiger partial charge in [-0.25, -0.2) is 14.1 Å². The van der Waals surface area contributed by atoms with Gasteiger partial charge in [0.25, 0.3) is 0 Å². The second-order valence-corrected chi connectivity index (χ2v) is 7.46. The van der Waals surface area contributed by atoms with Crippen molar-refractivity contribution in [2.24, 2.45) is 7.05 Å². The molecule has 11 heteroatoms. The third-order valence-corrected chi connectivity index (χ3v) is 5.76. The molecule has 1 atom stereocenters. The minimum atomic E-state index is -4.66. The Morgan fingerprint density at radius 1 is 1.33 bits per heavy atom. The molecule has 0 aliphatic heterocycles. The van der Waals surface area contributed by atoms with Crippen molar-refractivity contribution in [3.05, 3.63) is 38.8 Å². The Labute approximate surface area is 173 Å². The first-order chi connectivity index (χ1) is 12.5. The number of benzene rings is 1. The lowest BCUT2D eigenvalue weighted by Crippen LogP contribution is -2.18. The van der Waals surface area contributed by atoms with Gasteiger partial charge in [-0.1, -0.05) is 6.92 Å². The van der Waals surface area contributed by atoms with Gasteiger partial charge in [0.2, 0.25) is 0 Å². The molecular weight excluding hydrogens is 525 g/mol. The fraction of sp³-hybridized carbons (Fsp3) is 0.312. The van der Waals surface area contributed by atoms with E-state index in [0.29, 0.717) is 6.42 Å². The third kappa shape index (κ3) is 4.60. The van der Waals surface area contributed by atoms with E-state index in [2.05, 4.69) is 36.7 Å². The van der Waals surface area contributed by atoms with Crippen LogP contribution >= 0.6 is 43.5 Å². The van der Waals surface area contributed by atoms with Crippen LogP contribution in [0.5, 0.6) is 5.75 Å². The fourth-order valence-electron chi connectivity index (χ4n) is 2.22. The summed E-state index contributed by atoms with van der Waals surface area (Å²) in [6.45, 7) is 1.66. The van der Waals surface area contributed by atoms with Crippen LogP contribution in [0.15, 0.2) is 27.3 Å². The summed E-state index contributed by atoms with van der Waals surface area (Å²) in [5.74, 6) is -1.72. The average Bonchev–Trinajstić information content (AvgIpc) is 2.82. The maximum atomic E-state index is 14.3. The Morgan fingerprint density at radius 3 is 2.48 bits per heavy atom. The number of carbonyl (C=O) groups excluding carboxylic acids is 1. The third-order valence-electron chi connectivity index (χ3n) is 3.57. The summed E-state index contributed by atoms with van der Waals surface area (Å²) in [7, 11) is 1.19. The SMILES string of the molecule is CCC(Cl)C(=O)OOc1ccc(F)c(-c2c(Br)c(C(F)(F)F)n(C)c2Br)c1. The summed E-state index contributed by atoms with van der Waals surface area (Å²) in [5.41, 5.74) is -1.25. The van der Waals surface area contributed by atoms with Crippen LogP contribution < -0.4 is 4.89 Å². The lowest BCUT2D eigenvalue weighted by Gasteiger charge is -2.09. The summed E-state index contributed by atoms with van der Waals surface area (Å²) in [5, 5.41) is -0.920. The Morgan fingerprint density at radius 2 is 1.96 bits per heavy atom. The minimum absolute atomic E-state index is 0.00144. The Bertz CT molecular complexity index is 870. The van der Waals surface area contributed by atoms with Crippen LogP contribution in [0, 0.1) is 5.82 Å². The zero-order valence-electron chi connectivity index (χ0n) is 13.8. The summed E-state index contributed by atoms with van der Waals surface area (Å²) >= 11 is 11.6. The lowest BCUT2D eigenvalue weighted by atomic mass is 10.1. The van der Waals surface area contributed by atoms with Gasteiger partial charge < -0.3 is 4.57 Å². The first kappa shape index (κ1) is 22.0. The molecular formula is C16H12Br2ClF4NO3. The second-order valence-electron chi connectivity index (χ2n) is 5.39. The Hall–Kier alpha value is -1.26. The zero-order valence-corrected chi connectivity index (χ0v) is 17.8. The number of aromatic nitrogens is 1. The highest BCUT2D eigenvalue weighted by Gasteiger charge is 2.39. The largest absolute Gasteiger partial charge is 0.432 e. The molecule has 2 rings (SSSR count). The summed E-state index contributed by atoms with van der Waals surface area (Å²) in [4.78, 5) is 20.9. The summed E-state index contributed by atoms with van der Waals surface area (Å²) in [6, 6.07) is 3.26. The van der Waals surface area contributed by atoms with E-state index >= 15 is 0 Å². The minimum Gasteiger partial charge on any atom is -0.333 e. The molecule has 2 aromatic rings. The van der Waals surface area contributed by atoms with Crippen LogP contribution in [-0.4, -0.2) is 15.9 Å². The van der Waals surface area contributed by atoms with Gasteiger partial charge in [-0.15, -0.1) is 11.6 Å². The van der Waals surface area contributed by atoms with Gasteiger partial charge in [-0.3, -0.25) is 4.89 Å². The first-order valence-electron chi connectivity index (χ1n) is 7.42. The number of carbonyl (C=O) groups is 1. The molecule has 0 saturated carbocycles. The van der Waals surface area contributed by atoms with Crippen LogP contribution in [0.2, 0.25) is 0 Å². The molecule has 0 radical (unpaired) electrons. The Kier molecular flexibility index (Phi) is 6.86. The van der Waals surface area contributed by atoms with E-state index in [1.807, 2.05) is 0 Å². The van der Waals surface area contributed by atoms with Gasteiger partial charge in [0.15, 0.2) is 5.75 Å². The van der Waals surface area contributed by atoms with Gasteiger partial charge in [0.1, 0.15) is 16.9 Å². The van der Waals surface area contributed by atoms with Crippen molar-refractivity contribution in [2.45, 2.75) is 24.9 Å². The number of halogens is 7. The van der Waals surface area contributed by atoms with Crippen LogP contribution in [-0.2, 0) is 22.9 Å². The lowest BCUT2D eigenvalue weighted by molar-refractivity contribution is -0.213. The molecule has 0 bridgehead atoms. The van der Waals surface area contributed by atoms with E-state index in [1.54, 1.807) is 6.92 Å². The van der Waals surface area contributed by atoms with E-state index in [1.165, 1.54) is 7.05 Å². The second kappa shape index (κ2) is 8.40. The molecule has 0 N–H and O–H groups in total. The molecule has 4 nitrogen and oxygen atoms in total. The highest BCUT2D eigenvalue weighted by atomic mass is 79.9. The molecule has 0 spiro atoms. The molecule has 0 amide bonds. The van der Waals surface area contributed by atoms with Crippen molar-refractivity contribution in [1.82, 2.24) is 4.57 Å². The van der Waals surface area contributed by atoms with E-state index in [-0.39, 0.29) is 26.0 Å². The highest BCUT2D eigenvalue weighted by molar-refractivity contribution is 9.11. The van der Waals surface area contributed by atoms with Crippen molar-refractivity contribution >= 4 is 49.4 Å². The molecule has 1 aromatic heterocycles. The molecule has 0 saturated heterocycles. The van der Waals surface area contributed by atoms with Crippen molar-refractivity contribution in [1.29, 1.82) is 0 Å². The maximum Gasteiger partial charge on any atom is 0.432 e. The van der Waals surface area contributed by atoms with Gasteiger partial charge >= 0.3 is 12.1 Å². The van der Waals surface area contributed by atoms with Crippen molar-refractivity contribution in [2.75, 3.05) is 0 Å². The van der Waals surface area contributed by atoms with E-state index in [4.69, 9.17) is 16.5 Å². The number of alkyl halides is 4. The maximum absolute atomic E-state index is 14.3. The van der Waals surface area contributed by atoms with E-state index in [0.717, 1.165) is 22.8 Å². The van der Waals surface area contributed by atoms with E-state index < -0.39 is 29.0 Å². The van der Waals surface area contributed by atoms with Gasteiger partial charge in [0, 0.05) is 18.2 Å². The Balaban J connectivity index is 2.44. The average molecular weight is 538 g/mol. The summed E-state index contributed by atoms with van der Waals surface area (Å²) in [6.07, 6.45) is -4.35. The fourth-order valence-corrected chi connectivity index (χ4v) is 4.01. The van der Waals surface area contributed by atoms with Crippen LogP contribution in [0.3, 0.4) is 0 Å². The van der Waals surface area contributed by atoms with Gasteiger partial charge in [0.05, 0.1) is 9.08 Å². The standard InChI is InChI=1S/C16H12Br2ClF4NO3/c1-3-9(19)15(25)27-26-7-4-5-10(20)8(6-7)11-12(17)13(16(21,22)23)24(2)14(11)18/h4-6,9H,3H2,1-2H3. The van der Waals surface area contributed by atoms with Gasteiger partial charge in [-0.05, 0) is 56.5 Å². The van der Waals surface area contributed by atoms with Crippen LogP contribution in [0.4, 0.5) is 17.6 Å². The number of rotatable bonds is 5. The number of hydrogen-bond donors (Lipinski definition) is 0. The highest BCUT2D eigenvalue weighted by Crippen LogP contribution is 2.46.